The smallest absolute Gasteiger partial charge is 0.242 e. The molecule has 0 saturated carbocycles. The van der Waals surface area contributed by atoms with Crippen LogP contribution in [0.15, 0.2) is 23.1 Å². The van der Waals surface area contributed by atoms with Gasteiger partial charge in [0.15, 0.2) is 0 Å². The summed E-state index contributed by atoms with van der Waals surface area (Å²) in [5.41, 5.74) is 7.00. The number of nitrogen functional groups attached to an aromatic ring is 1. The molecule has 0 saturated heterocycles. The standard InChI is InChI=1S/C11H18N2O3S/c1-9-4-5-10(8-11(9)12)17(15,16)13(2)6-3-7-14/h4-5,8,14H,3,6-7,12H2,1-2H3. The number of sulfonamides is 1. The Morgan fingerprint density at radius 1 is 1.41 bits per heavy atom. The van der Waals surface area contributed by atoms with Crippen molar-refractivity contribution in [1.82, 2.24) is 4.31 Å². The number of hydrogen-bond acceptors (Lipinski definition) is 4. The van der Waals surface area contributed by atoms with Crippen LogP contribution in [-0.4, -0.2) is 38.0 Å². The van der Waals surface area contributed by atoms with Crippen LogP contribution >= 0.6 is 0 Å². The zero-order valence-electron chi connectivity index (χ0n) is 10.0. The van der Waals surface area contributed by atoms with Gasteiger partial charge in [-0.3, -0.25) is 0 Å². The molecule has 0 spiro atoms. The lowest BCUT2D eigenvalue weighted by Gasteiger charge is -2.17. The van der Waals surface area contributed by atoms with Crippen molar-refractivity contribution < 1.29 is 13.5 Å². The highest BCUT2D eigenvalue weighted by molar-refractivity contribution is 7.89. The molecule has 0 atom stereocenters. The van der Waals surface area contributed by atoms with E-state index >= 15 is 0 Å². The summed E-state index contributed by atoms with van der Waals surface area (Å²) in [5.74, 6) is 0. The lowest BCUT2D eigenvalue weighted by Crippen LogP contribution is -2.28. The summed E-state index contributed by atoms with van der Waals surface area (Å²) in [6, 6.07) is 4.68. The van der Waals surface area contributed by atoms with E-state index in [1.54, 1.807) is 6.07 Å². The molecule has 1 aromatic rings. The highest BCUT2D eigenvalue weighted by Gasteiger charge is 2.20. The van der Waals surface area contributed by atoms with E-state index in [0.29, 0.717) is 12.1 Å². The number of nitrogens with zero attached hydrogens (tertiary/aromatic N) is 1. The fourth-order valence-electron chi connectivity index (χ4n) is 1.37. The van der Waals surface area contributed by atoms with Crippen LogP contribution in [0.1, 0.15) is 12.0 Å². The Labute approximate surface area is 102 Å². The molecule has 0 amide bonds. The highest BCUT2D eigenvalue weighted by atomic mass is 32.2. The molecule has 6 heteroatoms. The van der Waals surface area contributed by atoms with Crippen molar-refractivity contribution in [3.8, 4) is 0 Å². The number of anilines is 1. The van der Waals surface area contributed by atoms with Gasteiger partial charge in [0, 0.05) is 25.9 Å². The molecule has 0 bridgehead atoms. The molecule has 0 aliphatic rings. The van der Waals surface area contributed by atoms with Crippen LogP contribution in [0.3, 0.4) is 0 Å². The van der Waals surface area contributed by atoms with Gasteiger partial charge in [-0.1, -0.05) is 6.07 Å². The molecule has 1 aromatic carbocycles. The zero-order chi connectivity index (χ0) is 13.1. The van der Waals surface area contributed by atoms with Crippen LogP contribution in [0.2, 0.25) is 0 Å². The second-order valence-corrected chi connectivity index (χ2v) is 5.97. The zero-order valence-corrected chi connectivity index (χ0v) is 10.9. The van der Waals surface area contributed by atoms with Crippen molar-refractivity contribution in [2.24, 2.45) is 0 Å². The minimum atomic E-state index is -3.51. The SMILES string of the molecule is Cc1ccc(S(=O)(=O)N(C)CCCO)cc1N. The molecule has 0 fully saturated rings. The monoisotopic (exact) mass is 258 g/mol. The van der Waals surface area contributed by atoms with Gasteiger partial charge in [-0.15, -0.1) is 0 Å². The molecular weight excluding hydrogens is 240 g/mol. The van der Waals surface area contributed by atoms with E-state index in [1.807, 2.05) is 6.92 Å². The molecule has 0 unspecified atom stereocenters. The van der Waals surface area contributed by atoms with E-state index in [2.05, 4.69) is 0 Å². The summed E-state index contributed by atoms with van der Waals surface area (Å²) in [6.45, 7) is 2.07. The number of aryl methyl sites for hydroxylation is 1. The van der Waals surface area contributed by atoms with Crippen molar-refractivity contribution in [3.05, 3.63) is 23.8 Å². The summed E-state index contributed by atoms with van der Waals surface area (Å²) in [7, 11) is -2.02. The first kappa shape index (κ1) is 14.0. The Kier molecular flexibility index (Phi) is 4.50. The molecule has 0 radical (unpaired) electrons. The van der Waals surface area contributed by atoms with Crippen molar-refractivity contribution in [2.45, 2.75) is 18.2 Å². The average molecular weight is 258 g/mol. The van der Waals surface area contributed by atoms with Crippen molar-refractivity contribution in [3.63, 3.8) is 0 Å². The number of aliphatic hydroxyl groups is 1. The van der Waals surface area contributed by atoms with E-state index in [1.165, 1.54) is 23.5 Å². The molecule has 0 aliphatic heterocycles. The van der Waals surface area contributed by atoms with E-state index in [9.17, 15) is 8.42 Å². The van der Waals surface area contributed by atoms with Crippen LogP contribution < -0.4 is 5.73 Å². The molecule has 96 valence electrons. The Bertz CT molecular complexity index is 485. The van der Waals surface area contributed by atoms with Crippen LogP contribution in [-0.2, 0) is 10.0 Å². The highest BCUT2D eigenvalue weighted by Crippen LogP contribution is 2.20. The first-order valence-corrected chi connectivity index (χ1v) is 6.77. The lowest BCUT2D eigenvalue weighted by molar-refractivity contribution is 0.275. The number of aliphatic hydroxyl groups excluding tert-OH is 1. The number of benzene rings is 1. The predicted molar refractivity (Wildman–Crippen MR) is 67.1 cm³/mol. The number of hydrogen-bond donors (Lipinski definition) is 2. The van der Waals surface area contributed by atoms with E-state index in [-0.39, 0.29) is 18.0 Å². The average Bonchev–Trinajstić information content (AvgIpc) is 2.29. The molecule has 3 N–H and O–H groups in total. The number of nitrogens with two attached hydrogens (primary N) is 1. The van der Waals surface area contributed by atoms with E-state index < -0.39 is 10.0 Å². The quantitative estimate of drug-likeness (QED) is 0.757. The van der Waals surface area contributed by atoms with Gasteiger partial charge >= 0.3 is 0 Å². The Morgan fingerprint density at radius 2 is 2.06 bits per heavy atom. The van der Waals surface area contributed by atoms with E-state index in [4.69, 9.17) is 10.8 Å². The molecule has 0 aromatic heterocycles. The lowest BCUT2D eigenvalue weighted by atomic mass is 10.2. The Balaban J connectivity index is 3.00. The summed E-state index contributed by atoms with van der Waals surface area (Å²) in [5, 5.41) is 8.69. The largest absolute Gasteiger partial charge is 0.398 e. The van der Waals surface area contributed by atoms with Gasteiger partial charge in [0.2, 0.25) is 10.0 Å². The first-order valence-electron chi connectivity index (χ1n) is 5.33. The number of rotatable bonds is 5. The van der Waals surface area contributed by atoms with Crippen LogP contribution in [0, 0.1) is 6.92 Å². The van der Waals surface area contributed by atoms with Gasteiger partial charge in [-0.2, -0.15) is 0 Å². The second kappa shape index (κ2) is 5.48. The van der Waals surface area contributed by atoms with Gasteiger partial charge in [0.1, 0.15) is 0 Å². The molecular formula is C11H18N2O3S. The van der Waals surface area contributed by atoms with Gasteiger partial charge < -0.3 is 10.8 Å². The molecule has 0 aliphatic carbocycles. The first-order chi connectivity index (χ1) is 7.89. The Hall–Kier alpha value is -1.11. The van der Waals surface area contributed by atoms with Crippen molar-refractivity contribution >= 4 is 15.7 Å². The molecule has 0 heterocycles. The van der Waals surface area contributed by atoms with Crippen molar-refractivity contribution in [2.75, 3.05) is 25.9 Å². The molecule has 17 heavy (non-hydrogen) atoms. The third-order valence-corrected chi connectivity index (χ3v) is 4.44. The van der Waals surface area contributed by atoms with Crippen LogP contribution in [0.4, 0.5) is 5.69 Å². The summed E-state index contributed by atoms with van der Waals surface area (Å²) >= 11 is 0. The maximum Gasteiger partial charge on any atom is 0.242 e. The summed E-state index contributed by atoms with van der Waals surface area (Å²) < 4.78 is 25.4. The maximum absolute atomic E-state index is 12.1. The summed E-state index contributed by atoms with van der Waals surface area (Å²) in [4.78, 5) is 0.182. The minimum Gasteiger partial charge on any atom is -0.398 e. The van der Waals surface area contributed by atoms with Gasteiger partial charge in [0.05, 0.1) is 4.90 Å². The Morgan fingerprint density at radius 3 is 2.59 bits per heavy atom. The third kappa shape index (κ3) is 3.18. The second-order valence-electron chi connectivity index (χ2n) is 3.92. The fourth-order valence-corrected chi connectivity index (χ4v) is 2.62. The fraction of sp³-hybridized carbons (Fsp3) is 0.455. The normalized spacial score (nSPS) is 12.0. The third-order valence-electron chi connectivity index (χ3n) is 2.59. The van der Waals surface area contributed by atoms with Gasteiger partial charge in [-0.25, -0.2) is 12.7 Å². The van der Waals surface area contributed by atoms with Crippen LogP contribution in [0.5, 0.6) is 0 Å². The predicted octanol–water partition coefficient (Wildman–Crippen LogP) is 0.580. The maximum atomic E-state index is 12.1. The molecule has 5 nitrogen and oxygen atoms in total. The minimum absolute atomic E-state index is 0.0318. The topological polar surface area (TPSA) is 83.6 Å². The van der Waals surface area contributed by atoms with E-state index in [0.717, 1.165) is 5.56 Å². The van der Waals surface area contributed by atoms with Crippen LogP contribution in [0.25, 0.3) is 0 Å². The molecule has 1 rings (SSSR count). The van der Waals surface area contributed by atoms with Gasteiger partial charge in [0.25, 0.3) is 0 Å². The van der Waals surface area contributed by atoms with Gasteiger partial charge in [-0.05, 0) is 31.0 Å². The summed E-state index contributed by atoms with van der Waals surface area (Å²) in [6.07, 6.45) is 0.414. The van der Waals surface area contributed by atoms with Crippen molar-refractivity contribution in [1.29, 1.82) is 0 Å².